The fraction of sp³-hybridized carbons (Fsp3) is 0.158. The normalized spacial score (nSPS) is 12.0. The summed E-state index contributed by atoms with van der Waals surface area (Å²) in [6.45, 7) is 1.99. The Hall–Kier alpha value is -2.26. The number of hydrogen-bond donors (Lipinski definition) is 0. The molecule has 2 nitrogen and oxygen atoms in total. The third-order valence-corrected chi connectivity index (χ3v) is 4.48. The average Bonchev–Trinajstić information content (AvgIpc) is 2.99. The molecule has 0 aliphatic heterocycles. The minimum absolute atomic E-state index is 0.150. The first-order valence-corrected chi connectivity index (χ1v) is 8.17. The lowest BCUT2D eigenvalue weighted by atomic mass is 9.87. The molecule has 3 aromatic rings. The first-order chi connectivity index (χ1) is 10.7. The van der Waals surface area contributed by atoms with Crippen LogP contribution in [0.2, 0.25) is 0 Å². The number of carbonyl (C=O) groups is 1. The van der Waals surface area contributed by atoms with Crippen molar-refractivity contribution in [2.75, 3.05) is 0 Å². The molecule has 0 saturated carbocycles. The number of aryl methyl sites for hydroxylation is 1. The van der Waals surface area contributed by atoms with E-state index in [1.54, 1.807) is 11.3 Å². The average molecular weight is 307 g/mol. The number of rotatable bonds is 5. The van der Waals surface area contributed by atoms with Crippen molar-refractivity contribution in [3.8, 4) is 0 Å². The maximum atomic E-state index is 12.9. The summed E-state index contributed by atoms with van der Waals surface area (Å²) in [6.07, 6.45) is 0.641. The lowest BCUT2D eigenvalue weighted by molar-refractivity contribution is 0.0958. The van der Waals surface area contributed by atoms with Gasteiger partial charge in [0.1, 0.15) is 0 Å². The summed E-state index contributed by atoms with van der Waals surface area (Å²) < 4.78 is 0. The molecule has 0 spiro atoms. The summed E-state index contributed by atoms with van der Waals surface area (Å²) in [4.78, 5) is 17.5. The molecule has 1 atom stereocenters. The van der Waals surface area contributed by atoms with Crippen molar-refractivity contribution < 1.29 is 4.79 Å². The van der Waals surface area contributed by atoms with E-state index in [1.807, 2.05) is 73.0 Å². The number of carbonyl (C=O) groups excluding carboxylic acids is 1. The van der Waals surface area contributed by atoms with Gasteiger partial charge in [0.25, 0.3) is 0 Å². The minimum atomic E-state index is -0.190. The van der Waals surface area contributed by atoms with Gasteiger partial charge in [-0.15, -0.1) is 11.3 Å². The molecule has 0 bridgehead atoms. The number of hydrogen-bond acceptors (Lipinski definition) is 3. The van der Waals surface area contributed by atoms with Gasteiger partial charge in [0.05, 0.1) is 16.6 Å². The molecule has 1 unspecified atom stereocenters. The van der Waals surface area contributed by atoms with Gasteiger partial charge >= 0.3 is 0 Å². The standard InChI is InChI=1S/C19H17NOS/c1-14-20-17(13-22-14)12-18(15-8-4-2-5-9-15)19(21)16-10-6-3-7-11-16/h2-11,13,18H,12H2,1H3. The molecule has 0 aliphatic carbocycles. The van der Waals surface area contributed by atoms with E-state index >= 15 is 0 Å². The van der Waals surface area contributed by atoms with E-state index in [0.29, 0.717) is 6.42 Å². The van der Waals surface area contributed by atoms with Crippen molar-refractivity contribution >= 4 is 17.1 Å². The fourth-order valence-corrected chi connectivity index (χ4v) is 3.19. The van der Waals surface area contributed by atoms with Crippen LogP contribution >= 0.6 is 11.3 Å². The first-order valence-electron chi connectivity index (χ1n) is 7.29. The van der Waals surface area contributed by atoms with Crippen LogP contribution in [0.3, 0.4) is 0 Å². The predicted molar refractivity (Wildman–Crippen MR) is 90.5 cm³/mol. The highest BCUT2D eigenvalue weighted by Gasteiger charge is 2.23. The Morgan fingerprint density at radius 2 is 1.68 bits per heavy atom. The van der Waals surface area contributed by atoms with Gasteiger partial charge in [-0.3, -0.25) is 4.79 Å². The molecule has 2 aromatic carbocycles. The van der Waals surface area contributed by atoms with Crippen molar-refractivity contribution in [1.82, 2.24) is 4.98 Å². The van der Waals surface area contributed by atoms with Crippen LogP contribution < -0.4 is 0 Å². The number of aromatic nitrogens is 1. The quantitative estimate of drug-likeness (QED) is 0.642. The van der Waals surface area contributed by atoms with Gasteiger partial charge in [-0.2, -0.15) is 0 Å². The topological polar surface area (TPSA) is 30.0 Å². The van der Waals surface area contributed by atoms with E-state index in [2.05, 4.69) is 4.98 Å². The van der Waals surface area contributed by atoms with Crippen LogP contribution in [0.25, 0.3) is 0 Å². The Balaban J connectivity index is 1.94. The summed E-state index contributed by atoms with van der Waals surface area (Å²) in [5, 5.41) is 3.08. The SMILES string of the molecule is Cc1nc(CC(C(=O)c2ccccc2)c2ccccc2)cs1. The van der Waals surface area contributed by atoms with E-state index < -0.39 is 0 Å². The molecule has 0 N–H and O–H groups in total. The molecule has 0 radical (unpaired) electrons. The molecule has 110 valence electrons. The Labute approximate surface area is 134 Å². The highest BCUT2D eigenvalue weighted by Crippen LogP contribution is 2.26. The molecule has 1 heterocycles. The van der Waals surface area contributed by atoms with E-state index in [0.717, 1.165) is 21.8 Å². The zero-order valence-corrected chi connectivity index (χ0v) is 13.2. The summed E-state index contributed by atoms with van der Waals surface area (Å²) in [5.41, 5.74) is 2.78. The summed E-state index contributed by atoms with van der Waals surface area (Å²) in [6, 6.07) is 19.5. The molecule has 1 aromatic heterocycles. The van der Waals surface area contributed by atoms with Gasteiger partial charge in [-0.1, -0.05) is 60.7 Å². The Kier molecular flexibility index (Phi) is 4.45. The molecule has 3 heteroatoms. The van der Waals surface area contributed by atoms with Crippen molar-refractivity contribution in [2.24, 2.45) is 0 Å². The number of nitrogens with zero attached hydrogens (tertiary/aromatic N) is 1. The Morgan fingerprint density at radius 1 is 1.05 bits per heavy atom. The number of ketones is 1. The van der Waals surface area contributed by atoms with Crippen LogP contribution in [0.15, 0.2) is 66.0 Å². The zero-order chi connectivity index (χ0) is 15.4. The van der Waals surface area contributed by atoms with E-state index in [4.69, 9.17) is 0 Å². The monoisotopic (exact) mass is 307 g/mol. The Morgan fingerprint density at radius 3 is 2.27 bits per heavy atom. The third kappa shape index (κ3) is 3.31. The van der Waals surface area contributed by atoms with Crippen molar-refractivity contribution in [3.63, 3.8) is 0 Å². The maximum absolute atomic E-state index is 12.9. The van der Waals surface area contributed by atoms with Crippen LogP contribution in [-0.2, 0) is 6.42 Å². The summed E-state index contributed by atoms with van der Waals surface area (Å²) in [5.74, 6) is -0.0393. The molecular formula is C19H17NOS. The highest BCUT2D eigenvalue weighted by molar-refractivity contribution is 7.09. The zero-order valence-electron chi connectivity index (χ0n) is 12.4. The van der Waals surface area contributed by atoms with Crippen molar-refractivity contribution in [1.29, 1.82) is 0 Å². The predicted octanol–water partition coefficient (Wildman–Crippen LogP) is 4.66. The first kappa shape index (κ1) is 14.7. The van der Waals surface area contributed by atoms with Gasteiger partial charge in [0.2, 0.25) is 0 Å². The smallest absolute Gasteiger partial charge is 0.170 e. The van der Waals surface area contributed by atoms with Crippen LogP contribution in [0, 0.1) is 6.92 Å². The van der Waals surface area contributed by atoms with E-state index in [9.17, 15) is 4.79 Å². The molecule has 0 saturated heterocycles. The second-order valence-electron chi connectivity index (χ2n) is 5.26. The number of Topliss-reactive ketones (excluding diaryl/α,β-unsaturated/α-hetero) is 1. The van der Waals surface area contributed by atoms with Crippen molar-refractivity contribution in [3.05, 3.63) is 87.9 Å². The largest absolute Gasteiger partial charge is 0.293 e. The van der Waals surface area contributed by atoms with E-state index in [-0.39, 0.29) is 11.7 Å². The molecule has 0 fully saturated rings. The van der Waals surface area contributed by atoms with Gasteiger partial charge in [-0.05, 0) is 12.5 Å². The minimum Gasteiger partial charge on any atom is -0.293 e. The van der Waals surface area contributed by atoms with Crippen molar-refractivity contribution in [2.45, 2.75) is 19.3 Å². The number of thiazole rings is 1. The summed E-state index contributed by atoms with van der Waals surface area (Å²) in [7, 11) is 0. The molecule has 22 heavy (non-hydrogen) atoms. The van der Waals surface area contributed by atoms with Gasteiger partial charge in [-0.25, -0.2) is 4.98 Å². The number of benzene rings is 2. The van der Waals surface area contributed by atoms with Crippen LogP contribution in [0.5, 0.6) is 0 Å². The highest BCUT2D eigenvalue weighted by atomic mass is 32.1. The molecule has 0 aliphatic rings. The third-order valence-electron chi connectivity index (χ3n) is 3.66. The van der Waals surface area contributed by atoms with Gasteiger partial charge in [0.15, 0.2) is 5.78 Å². The Bertz CT molecular complexity index is 749. The second kappa shape index (κ2) is 6.67. The molecule has 0 amide bonds. The second-order valence-corrected chi connectivity index (χ2v) is 6.32. The lowest BCUT2D eigenvalue weighted by Gasteiger charge is -2.15. The van der Waals surface area contributed by atoms with Gasteiger partial charge in [0, 0.05) is 17.4 Å². The van der Waals surface area contributed by atoms with Crippen LogP contribution in [0.4, 0.5) is 0 Å². The summed E-state index contributed by atoms with van der Waals surface area (Å²) >= 11 is 1.63. The fourth-order valence-electron chi connectivity index (χ4n) is 2.56. The van der Waals surface area contributed by atoms with E-state index in [1.165, 1.54) is 0 Å². The molecular weight excluding hydrogens is 290 g/mol. The van der Waals surface area contributed by atoms with Gasteiger partial charge < -0.3 is 0 Å². The lowest BCUT2D eigenvalue weighted by Crippen LogP contribution is -2.16. The van der Waals surface area contributed by atoms with Crippen LogP contribution in [0.1, 0.15) is 32.5 Å². The van der Waals surface area contributed by atoms with Crippen LogP contribution in [-0.4, -0.2) is 10.8 Å². The molecule has 3 rings (SSSR count). The maximum Gasteiger partial charge on any atom is 0.170 e.